The molecule has 22 heavy (non-hydrogen) atoms. The summed E-state index contributed by atoms with van der Waals surface area (Å²) >= 11 is 0. The molecule has 0 aliphatic carbocycles. The van der Waals surface area contributed by atoms with Crippen LogP contribution in [-0.2, 0) is 4.79 Å². The van der Waals surface area contributed by atoms with E-state index in [1.807, 2.05) is 0 Å². The molecule has 6 heteroatoms. The molecule has 1 atom stereocenters. The molecule has 1 rings (SSSR count). The predicted molar refractivity (Wildman–Crippen MR) is 99.1 cm³/mol. The molecule has 1 aliphatic heterocycles. The van der Waals surface area contributed by atoms with Crippen LogP contribution in [0, 0.1) is 5.92 Å². The van der Waals surface area contributed by atoms with E-state index in [1.165, 1.54) is 32.4 Å². The Morgan fingerprint density at radius 1 is 1.09 bits per heavy atom. The van der Waals surface area contributed by atoms with E-state index >= 15 is 0 Å². The van der Waals surface area contributed by atoms with Crippen molar-refractivity contribution in [2.24, 2.45) is 11.7 Å². The van der Waals surface area contributed by atoms with Gasteiger partial charge < -0.3 is 16.0 Å². The average Bonchev–Trinajstić information content (AvgIpc) is 2.46. The number of nitrogens with two attached hydrogens (primary N) is 1. The first-order valence-electron chi connectivity index (χ1n) is 8.41. The van der Waals surface area contributed by atoms with Gasteiger partial charge in [-0.3, -0.25) is 4.79 Å². The summed E-state index contributed by atoms with van der Waals surface area (Å²) in [6.45, 7) is 7.41. The molecule has 1 saturated heterocycles. The van der Waals surface area contributed by atoms with Crippen molar-refractivity contribution in [3.8, 4) is 0 Å². The SMILES string of the molecule is CC(CNC(=O)CCCCCCN)CN1CCCCC1.Cl.Cl. The van der Waals surface area contributed by atoms with Crippen molar-refractivity contribution >= 4 is 30.7 Å². The van der Waals surface area contributed by atoms with Gasteiger partial charge in [-0.25, -0.2) is 0 Å². The summed E-state index contributed by atoms with van der Waals surface area (Å²) in [7, 11) is 0. The van der Waals surface area contributed by atoms with E-state index in [2.05, 4.69) is 17.1 Å². The number of halogens is 2. The zero-order valence-corrected chi connectivity index (χ0v) is 15.7. The van der Waals surface area contributed by atoms with Gasteiger partial charge in [0, 0.05) is 19.5 Å². The maximum Gasteiger partial charge on any atom is 0.220 e. The predicted octanol–water partition coefficient (Wildman–Crippen LogP) is 2.98. The molecule has 0 aromatic rings. The standard InChI is InChI=1S/C16H33N3O.2ClH/c1-15(14-19-11-7-4-8-12-19)13-18-16(20)9-5-2-3-6-10-17;;/h15H,2-14,17H2,1H3,(H,18,20);2*1H. The van der Waals surface area contributed by atoms with Gasteiger partial charge in [-0.05, 0) is 51.2 Å². The lowest BCUT2D eigenvalue weighted by molar-refractivity contribution is -0.121. The van der Waals surface area contributed by atoms with Crippen molar-refractivity contribution < 1.29 is 4.79 Å². The Bertz CT molecular complexity index is 262. The normalized spacial score (nSPS) is 16.3. The molecule has 1 fully saturated rings. The van der Waals surface area contributed by atoms with Gasteiger partial charge in [-0.15, -0.1) is 24.8 Å². The number of rotatable bonds is 10. The fourth-order valence-electron chi connectivity index (χ4n) is 2.81. The van der Waals surface area contributed by atoms with E-state index in [-0.39, 0.29) is 30.7 Å². The monoisotopic (exact) mass is 355 g/mol. The van der Waals surface area contributed by atoms with Crippen molar-refractivity contribution in [1.82, 2.24) is 10.2 Å². The number of unbranched alkanes of at least 4 members (excludes halogenated alkanes) is 3. The van der Waals surface area contributed by atoms with Crippen molar-refractivity contribution in [3.05, 3.63) is 0 Å². The minimum Gasteiger partial charge on any atom is -0.356 e. The second-order valence-electron chi connectivity index (χ2n) is 6.22. The number of likely N-dealkylation sites (tertiary alicyclic amines) is 1. The highest BCUT2D eigenvalue weighted by Gasteiger charge is 2.13. The van der Waals surface area contributed by atoms with Crippen LogP contribution in [0.25, 0.3) is 0 Å². The summed E-state index contributed by atoms with van der Waals surface area (Å²) in [6.07, 6.45) is 9.06. The molecule has 4 nitrogen and oxygen atoms in total. The Morgan fingerprint density at radius 2 is 1.73 bits per heavy atom. The highest BCUT2D eigenvalue weighted by Crippen LogP contribution is 2.10. The Morgan fingerprint density at radius 3 is 2.36 bits per heavy atom. The number of hydrogen-bond donors (Lipinski definition) is 2. The highest BCUT2D eigenvalue weighted by atomic mass is 35.5. The molecule has 0 bridgehead atoms. The number of nitrogens with one attached hydrogen (secondary N) is 1. The van der Waals surface area contributed by atoms with Gasteiger partial charge >= 0.3 is 0 Å². The molecule has 1 amide bonds. The number of piperidine rings is 1. The molecule has 3 N–H and O–H groups in total. The van der Waals surface area contributed by atoms with E-state index in [4.69, 9.17) is 5.73 Å². The van der Waals surface area contributed by atoms with Crippen LogP contribution in [0.4, 0.5) is 0 Å². The second-order valence-corrected chi connectivity index (χ2v) is 6.22. The molecule has 1 unspecified atom stereocenters. The first-order valence-corrected chi connectivity index (χ1v) is 8.41. The maximum atomic E-state index is 11.7. The highest BCUT2D eigenvalue weighted by molar-refractivity contribution is 5.85. The second kappa shape index (κ2) is 15.9. The van der Waals surface area contributed by atoms with Crippen LogP contribution in [0.2, 0.25) is 0 Å². The number of hydrogen-bond acceptors (Lipinski definition) is 3. The molecule has 1 aliphatic rings. The molecule has 0 aromatic heterocycles. The molecule has 0 radical (unpaired) electrons. The zero-order chi connectivity index (χ0) is 14.6. The molecular formula is C16H35Cl2N3O. The van der Waals surface area contributed by atoms with E-state index < -0.39 is 0 Å². The van der Waals surface area contributed by atoms with Crippen LogP contribution >= 0.6 is 24.8 Å². The van der Waals surface area contributed by atoms with Crippen LogP contribution in [0.15, 0.2) is 0 Å². The molecule has 1 heterocycles. The third kappa shape index (κ3) is 12.5. The van der Waals surface area contributed by atoms with Crippen molar-refractivity contribution in [3.63, 3.8) is 0 Å². The van der Waals surface area contributed by atoms with Crippen LogP contribution in [0.3, 0.4) is 0 Å². The lowest BCUT2D eigenvalue weighted by Crippen LogP contribution is -2.38. The van der Waals surface area contributed by atoms with E-state index in [0.29, 0.717) is 12.3 Å². The molecule has 0 spiro atoms. The van der Waals surface area contributed by atoms with Gasteiger partial charge in [-0.1, -0.05) is 26.2 Å². The molecular weight excluding hydrogens is 321 g/mol. The third-order valence-electron chi connectivity index (χ3n) is 4.02. The van der Waals surface area contributed by atoms with Crippen molar-refractivity contribution in [2.45, 2.75) is 58.3 Å². The summed E-state index contributed by atoms with van der Waals surface area (Å²) in [5, 5.41) is 3.07. The fourth-order valence-corrected chi connectivity index (χ4v) is 2.81. The first-order chi connectivity index (χ1) is 9.72. The minimum absolute atomic E-state index is 0. The van der Waals surface area contributed by atoms with Crippen LogP contribution < -0.4 is 11.1 Å². The van der Waals surface area contributed by atoms with Crippen molar-refractivity contribution in [1.29, 1.82) is 0 Å². The fraction of sp³-hybridized carbons (Fsp3) is 0.938. The van der Waals surface area contributed by atoms with E-state index in [1.54, 1.807) is 0 Å². The van der Waals surface area contributed by atoms with Gasteiger partial charge in [-0.2, -0.15) is 0 Å². The third-order valence-corrected chi connectivity index (χ3v) is 4.02. The lowest BCUT2D eigenvalue weighted by Gasteiger charge is -2.29. The number of carbonyl (C=O) groups excluding carboxylic acids is 1. The molecule has 0 saturated carbocycles. The topological polar surface area (TPSA) is 58.4 Å². The lowest BCUT2D eigenvalue weighted by atomic mass is 10.1. The Hall–Kier alpha value is -0.0300. The van der Waals surface area contributed by atoms with Crippen LogP contribution in [0.5, 0.6) is 0 Å². The largest absolute Gasteiger partial charge is 0.356 e. The number of nitrogens with zero attached hydrogens (tertiary/aromatic N) is 1. The zero-order valence-electron chi connectivity index (χ0n) is 14.0. The summed E-state index contributed by atoms with van der Waals surface area (Å²) in [5.41, 5.74) is 5.45. The van der Waals surface area contributed by atoms with Gasteiger partial charge in [0.1, 0.15) is 0 Å². The van der Waals surface area contributed by atoms with Gasteiger partial charge in [0.2, 0.25) is 5.91 Å². The van der Waals surface area contributed by atoms with E-state index in [0.717, 1.165) is 45.3 Å². The average molecular weight is 356 g/mol. The Balaban J connectivity index is 0. The molecule has 134 valence electrons. The summed E-state index contributed by atoms with van der Waals surface area (Å²) in [4.78, 5) is 14.3. The van der Waals surface area contributed by atoms with Gasteiger partial charge in [0.15, 0.2) is 0 Å². The number of amides is 1. The van der Waals surface area contributed by atoms with E-state index in [9.17, 15) is 4.79 Å². The minimum atomic E-state index is 0. The maximum absolute atomic E-state index is 11.7. The van der Waals surface area contributed by atoms with Crippen molar-refractivity contribution in [2.75, 3.05) is 32.7 Å². The smallest absolute Gasteiger partial charge is 0.220 e. The van der Waals surface area contributed by atoms with Gasteiger partial charge in [0.25, 0.3) is 0 Å². The Labute approximate surface area is 148 Å². The summed E-state index contributed by atoms with van der Waals surface area (Å²) < 4.78 is 0. The van der Waals surface area contributed by atoms with Gasteiger partial charge in [0.05, 0.1) is 0 Å². The van der Waals surface area contributed by atoms with Crippen LogP contribution in [0.1, 0.15) is 58.3 Å². The quantitative estimate of drug-likeness (QED) is 0.592. The first kappa shape index (κ1) is 24.2. The summed E-state index contributed by atoms with van der Waals surface area (Å²) in [5.74, 6) is 0.762. The van der Waals surface area contributed by atoms with Crippen LogP contribution in [-0.4, -0.2) is 43.5 Å². The molecule has 0 aromatic carbocycles. The summed E-state index contributed by atoms with van der Waals surface area (Å²) in [6, 6.07) is 0. The number of carbonyl (C=O) groups is 1. The Kier molecular flexibility index (Phi) is 17.5.